The van der Waals surface area contributed by atoms with Gasteiger partial charge in [-0.1, -0.05) is 18.1 Å². The summed E-state index contributed by atoms with van der Waals surface area (Å²) >= 11 is 0. The zero-order chi connectivity index (χ0) is 15.8. The average Bonchev–Trinajstić information content (AvgIpc) is 3.26. The molecule has 0 spiro atoms. The number of nitrogens with two attached hydrogens (primary N) is 1. The molecule has 1 fully saturated rings. The molecule has 6 heteroatoms. The quantitative estimate of drug-likeness (QED) is 0.917. The number of hydrogen-bond donors (Lipinski definition) is 1. The van der Waals surface area contributed by atoms with Crippen LogP contribution in [0.5, 0.6) is 11.5 Å². The first-order chi connectivity index (χ1) is 11.2. The Morgan fingerprint density at radius 2 is 2.26 bits per heavy atom. The molecule has 1 aromatic carbocycles. The lowest BCUT2D eigenvalue weighted by Gasteiger charge is -2.26. The number of fused-ring (bicyclic) bond motifs is 1. The van der Waals surface area contributed by atoms with Gasteiger partial charge in [0.05, 0.1) is 37.7 Å². The number of benzene rings is 1. The second-order valence-corrected chi connectivity index (χ2v) is 6.47. The van der Waals surface area contributed by atoms with E-state index in [0.29, 0.717) is 6.61 Å². The van der Waals surface area contributed by atoms with E-state index in [4.69, 9.17) is 15.2 Å². The van der Waals surface area contributed by atoms with Gasteiger partial charge in [0, 0.05) is 12.0 Å². The molecule has 1 aliphatic heterocycles. The number of rotatable bonds is 5. The molecule has 2 atom stereocenters. The molecule has 6 nitrogen and oxygen atoms in total. The fourth-order valence-electron chi connectivity index (χ4n) is 3.20. The van der Waals surface area contributed by atoms with Gasteiger partial charge in [-0.25, -0.2) is 4.68 Å². The van der Waals surface area contributed by atoms with E-state index in [1.807, 2.05) is 29.1 Å². The van der Waals surface area contributed by atoms with Crippen molar-refractivity contribution in [3.63, 3.8) is 0 Å². The summed E-state index contributed by atoms with van der Waals surface area (Å²) in [7, 11) is 1.67. The Hall–Kier alpha value is -2.08. The molecule has 0 bridgehead atoms. The van der Waals surface area contributed by atoms with Crippen LogP contribution in [0.25, 0.3) is 0 Å². The second kappa shape index (κ2) is 5.85. The van der Waals surface area contributed by atoms with E-state index in [-0.39, 0.29) is 12.1 Å². The van der Waals surface area contributed by atoms with Crippen LogP contribution in [0.4, 0.5) is 0 Å². The summed E-state index contributed by atoms with van der Waals surface area (Å²) < 4.78 is 13.0. The van der Waals surface area contributed by atoms with Gasteiger partial charge < -0.3 is 15.2 Å². The van der Waals surface area contributed by atoms with E-state index in [9.17, 15) is 0 Å². The fraction of sp³-hybridized carbons (Fsp3) is 0.529. The third-order valence-corrected chi connectivity index (χ3v) is 4.74. The van der Waals surface area contributed by atoms with Crippen LogP contribution >= 0.6 is 0 Å². The predicted molar refractivity (Wildman–Crippen MR) is 85.5 cm³/mol. The Morgan fingerprint density at radius 3 is 3.04 bits per heavy atom. The van der Waals surface area contributed by atoms with Crippen molar-refractivity contribution < 1.29 is 9.47 Å². The summed E-state index contributed by atoms with van der Waals surface area (Å²) in [4.78, 5) is 0. The molecule has 1 aromatic heterocycles. The van der Waals surface area contributed by atoms with E-state index in [2.05, 4.69) is 10.3 Å². The molecule has 2 aliphatic rings. The van der Waals surface area contributed by atoms with E-state index >= 15 is 0 Å². The Labute approximate surface area is 135 Å². The molecule has 0 amide bonds. The van der Waals surface area contributed by atoms with Gasteiger partial charge in [-0.05, 0) is 30.5 Å². The fourth-order valence-corrected chi connectivity index (χ4v) is 3.20. The maximum Gasteiger partial charge on any atom is 0.124 e. The van der Waals surface area contributed by atoms with Gasteiger partial charge in [0.15, 0.2) is 0 Å². The Bertz CT molecular complexity index is 696. The SMILES string of the molecule is COc1ccc2c(c1)[C@H](n1cc(C(N)CC3CC3)nn1)CCO2. The topological polar surface area (TPSA) is 75.2 Å². The van der Waals surface area contributed by atoms with E-state index in [1.54, 1.807) is 7.11 Å². The average molecular weight is 314 g/mol. The molecular weight excluding hydrogens is 292 g/mol. The highest BCUT2D eigenvalue weighted by Crippen LogP contribution is 2.38. The monoisotopic (exact) mass is 314 g/mol. The first-order valence-electron chi connectivity index (χ1n) is 8.22. The van der Waals surface area contributed by atoms with Crippen molar-refractivity contribution in [2.24, 2.45) is 11.7 Å². The van der Waals surface area contributed by atoms with Crippen LogP contribution in [0.1, 0.15) is 49.0 Å². The molecular formula is C17H22N4O2. The van der Waals surface area contributed by atoms with Crippen LogP contribution in [-0.4, -0.2) is 28.7 Å². The molecule has 23 heavy (non-hydrogen) atoms. The minimum Gasteiger partial charge on any atom is -0.497 e. The normalized spacial score (nSPS) is 21.4. The molecule has 122 valence electrons. The van der Waals surface area contributed by atoms with Gasteiger partial charge in [0.1, 0.15) is 11.5 Å². The van der Waals surface area contributed by atoms with Crippen molar-refractivity contribution >= 4 is 0 Å². The van der Waals surface area contributed by atoms with Crippen molar-refractivity contribution in [2.75, 3.05) is 13.7 Å². The van der Waals surface area contributed by atoms with Crippen LogP contribution in [0, 0.1) is 5.92 Å². The van der Waals surface area contributed by atoms with Crippen molar-refractivity contribution in [2.45, 2.75) is 37.8 Å². The summed E-state index contributed by atoms with van der Waals surface area (Å²) in [6.45, 7) is 0.674. The standard InChI is InChI=1S/C17H22N4O2/c1-22-12-4-5-17-13(9-12)16(6-7-23-17)21-10-15(19-20-21)14(18)8-11-2-3-11/h4-5,9-11,14,16H,2-3,6-8,18H2,1H3/t14?,16-/m1/s1. The lowest BCUT2D eigenvalue weighted by Crippen LogP contribution is -2.21. The minimum atomic E-state index is -0.0131. The van der Waals surface area contributed by atoms with E-state index in [1.165, 1.54) is 12.8 Å². The maximum absolute atomic E-state index is 6.26. The highest BCUT2D eigenvalue weighted by Gasteiger charge is 2.28. The van der Waals surface area contributed by atoms with Gasteiger partial charge >= 0.3 is 0 Å². The summed E-state index contributed by atoms with van der Waals surface area (Å²) in [6.07, 6.45) is 6.47. The smallest absolute Gasteiger partial charge is 0.124 e. The van der Waals surface area contributed by atoms with E-state index in [0.717, 1.165) is 41.5 Å². The molecule has 2 N–H and O–H groups in total. The molecule has 0 radical (unpaired) electrons. The highest BCUT2D eigenvalue weighted by atomic mass is 16.5. The molecule has 1 saturated carbocycles. The number of aromatic nitrogens is 3. The molecule has 2 aromatic rings. The van der Waals surface area contributed by atoms with Crippen LogP contribution in [0.3, 0.4) is 0 Å². The van der Waals surface area contributed by atoms with Gasteiger partial charge in [-0.2, -0.15) is 0 Å². The summed E-state index contributed by atoms with van der Waals surface area (Å²) in [5.41, 5.74) is 8.23. The summed E-state index contributed by atoms with van der Waals surface area (Å²) in [5.74, 6) is 2.50. The molecule has 1 unspecified atom stereocenters. The Kier molecular flexibility index (Phi) is 3.69. The number of methoxy groups -OCH3 is 1. The van der Waals surface area contributed by atoms with Gasteiger partial charge in [-0.3, -0.25) is 0 Å². The highest BCUT2D eigenvalue weighted by molar-refractivity contribution is 5.43. The van der Waals surface area contributed by atoms with Gasteiger partial charge in [0.25, 0.3) is 0 Å². The van der Waals surface area contributed by atoms with Crippen molar-refractivity contribution in [3.8, 4) is 11.5 Å². The zero-order valence-electron chi connectivity index (χ0n) is 13.3. The van der Waals surface area contributed by atoms with Crippen molar-refractivity contribution in [1.29, 1.82) is 0 Å². The van der Waals surface area contributed by atoms with Crippen LogP contribution in [-0.2, 0) is 0 Å². The first kappa shape index (κ1) is 14.5. The molecule has 2 heterocycles. The van der Waals surface area contributed by atoms with Gasteiger partial charge in [-0.15, -0.1) is 5.10 Å². The first-order valence-corrected chi connectivity index (χ1v) is 8.22. The molecule has 1 aliphatic carbocycles. The second-order valence-electron chi connectivity index (χ2n) is 6.47. The molecule has 4 rings (SSSR count). The minimum absolute atomic E-state index is 0.0131. The predicted octanol–water partition coefficient (Wildman–Crippen LogP) is 2.46. The molecule has 0 saturated heterocycles. The van der Waals surface area contributed by atoms with Crippen LogP contribution in [0.2, 0.25) is 0 Å². The lowest BCUT2D eigenvalue weighted by atomic mass is 10.0. The maximum atomic E-state index is 6.26. The zero-order valence-corrected chi connectivity index (χ0v) is 13.3. The van der Waals surface area contributed by atoms with Crippen molar-refractivity contribution in [1.82, 2.24) is 15.0 Å². The Morgan fingerprint density at radius 1 is 1.39 bits per heavy atom. The summed E-state index contributed by atoms with van der Waals surface area (Å²) in [6, 6.07) is 5.99. The van der Waals surface area contributed by atoms with Crippen LogP contribution in [0.15, 0.2) is 24.4 Å². The summed E-state index contributed by atoms with van der Waals surface area (Å²) in [5, 5.41) is 8.64. The third kappa shape index (κ3) is 2.91. The number of hydrogen-bond acceptors (Lipinski definition) is 5. The number of nitrogens with zero attached hydrogens (tertiary/aromatic N) is 3. The third-order valence-electron chi connectivity index (χ3n) is 4.74. The van der Waals surface area contributed by atoms with Gasteiger partial charge in [0.2, 0.25) is 0 Å². The Balaban J connectivity index is 1.60. The van der Waals surface area contributed by atoms with Crippen LogP contribution < -0.4 is 15.2 Å². The van der Waals surface area contributed by atoms with Crippen molar-refractivity contribution in [3.05, 3.63) is 35.7 Å². The number of ether oxygens (including phenoxy) is 2. The largest absolute Gasteiger partial charge is 0.497 e. The van der Waals surface area contributed by atoms with E-state index < -0.39 is 0 Å². The lowest BCUT2D eigenvalue weighted by molar-refractivity contribution is 0.248.